The van der Waals surface area contributed by atoms with Gasteiger partial charge in [-0.3, -0.25) is 0 Å². The SMILES string of the molecule is CCC(C)(OC)c1nc(C2COCCN2)cs1. The van der Waals surface area contributed by atoms with Gasteiger partial charge < -0.3 is 14.8 Å². The van der Waals surface area contributed by atoms with Gasteiger partial charge in [0.15, 0.2) is 0 Å². The van der Waals surface area contributed by atoms with E-state index < -0.39 is 0 Å². The topological polar surface area (TPSA) is 43.4 Å². The van der Waals surface area contributed by atoms with Gasteiger partial charge in [0.2, 0.25) is 0 Å². The van der Waals surface area contributed by atoms with E-state index in [-0.39, 0.29) is 11.6 Å². The summed E-state index contributed by atoms with van der Waals surface area (Å²) in [7, 11) is 1.74. The standard InChI is InChI=1S/C12H20N2O2S/c1-4-12(2,15-3)11-14-10(8-17-11)9-7-16-6-5-13-9/h8-9,13H,4-7H2,1-3H3. The smallest absolute Gasteiger partial charge is 0.125 e. The Kier molecular flexibility index (Phi) is 4.14. The lowest BCUT2D eigenvalue weighted by Crippen LogP contribution is -2.35. The molecular formula is C12H20N2O2S. The average Bonchev–Trinajstić information content (AvgIpc) is 2.89. The summed E-state index contributed by atoms with van der Waals surface area (Å²) < 4.78 is 11.0. The normalized spacial score (nSPS) is 24.5. The van der Waals surface area contributed by atoms with Crippen LogP contribution in [-0.4, -0.2) is 31.9 Å². The summed E-state index contributed by atoms with van der Waals surface area (Å²) in [6.45, 7) is 6.59. The number of thiazole rings is 1. The molecule has 96 valence electrons. The van der Waals surface area contributed by atoms with Gasteiger partial charge in [-0.1, -0.05) is 6.92 Å². The molecule has 0 aliphatic carbocycles. The second-order valence-corrected chi connectivity index (χ2v) is 5.31. The van der Waals surface area contributed by atoms with E-state index in [0.29, 0.717) is 6.61 Å². The molecule has 0 aromatic carbocycles. The third kappa shape index (κ3) is 2.68. The first-order chi connectivity index (χ1) is 8.19. The number of ether oxygens (including phenoxy) is 2. The fourth-order valence-electron chi connectivity index (χ4n) is 1.83. The molecule has 1 aliphatic rings. The van der Waals surface area contributed by atoms with Crippen LogP contribution in [0.25, 0.3) is 0 Å². The molecule has 2 rings (SSSR count). The molecular weight excluding hydrogens is 236 g/mol. The molecule has 1 aliphatic heterocycles. The first-order valence-corrected chi connectivity index (χ1v) is 6.89. The Labute approximate surface area is 106 Å². The van der Waals surface area contributed by atoms with Crippen LogP contribution in [0.15, 0.2) is 5.38 Å². The zero-order valence-corrected chi connectivity index (χ0v) is 11.5. The third-order valence-corrected chi connectivity index (χ3v) is 4.48. The quantitative estimate of drug-likeness (QED) is 0.895. The molecule has 1 aromatic rings. The van der Waals surface area contributed by atoms with Crippen molar-refractivity contribution in [2.75, 3.05) is 26.9 Å². The van der Waals surface area contributed by atoms with Gasteiger partial charge in [-0.25, -0.2) is 4.98 Å². The Morgan fingerprint density at radius 1 is 1.71 bits per heavy atom. The Balaban J connectivity index is 2.14. The van der Waals surface area contributed by atoms with Crippen molar-refractivity contribution in [3.8, 4) is 0 Å². The van der Waals surface area contributed by atoms with Crippen molar-refractivity contribution in [1.29, 1.82) is 0 Å². The summed E-state index contributed by atoms with van der Waals surface area (Å²) in [6, 6.07) is 0.228. The number of hydrogen-bond acceptors (Lipinski definition) is 5. The minimum absolute atomic E-state index is 0.228. The lowest BCUT2D eigenvalue weighted by atomic mass is 10.0. The molecule has 1 saturated heterocycles. The van der Waals surface area contributed by atoms with Crippen molar-refractivity contribution in [2.24, 2.45) is 0 Å². The summed E-state index contributed by atoms with van der Waals surface area (Å²) in [5.74, 6) is 0. The maximum atomic E-state index is 5.57. The van der Waals surface area contributed by atoms with Crippen LogP contribution in [0.1, 0.15) is 37.0 Å². The van der Waals surface area contributed by atoms with Gasteiger partial charge in [-0.2, -0.15) is 0 Å². The van der Waals surface area contributed by atoms with E-state index in [1.54, 1.807) is 18.4 Å². The monoisotopic (exact) mass is 256 g/mol. The van der Waals surface area contributed by atoms with Crippen molar-refractivity contribution < 1.29 is 9.47 Å². The highest BCUT2D eigenvalue weighted by Crippen LogP contribution is 2.32. The van der Waals surface area contributed by atoms with Gasteiger partial charge in [0.05, 0.1) is 24.9 Å². The second-order valence-electron chi connectivity index (χ2n) is 4.45. The van der Waals surface area contributed by atoms with Crippen LogP contribution in [0.4, 0.5) is 0 Å². The van der Waals surface area contributed by atoms with Crippen molar-refractivity contribution >= 4 is 11.3 Å². The van der Waals surface area contributed by atoms with E-state index in [1.165, 1.54) is 0 Å². The fourth-order valence-corrected chi connectivity index (χ4v) is 2.91. The van der Waals surface area contributed by atoms with Gasteiger partial charge in [0.1, 0.15) is 10.6 Å². The molecule has 5 heteroatoms. The minimum atomic E-state index is -0.265. The molecule has 0 radical (unpaired) electrons. The number of hydrogen-bond donors (Lipinski definition) is 1. The third-order valence-electron chi connectivity index (χ3n) is 3.38. The molecule has 1 aromatic heterocycles. The number of nitrogens with one attached hydrogen (secondary N) is 1. The predicted molar refractivity (Wildman–Crippen MR) is 68.3 cm³/mol. The first-order valence-electron chi connectivity index (χ1n) is 6.02. The average molecular weight is 256 g/mol. The first kappa shape index (κ1) is 13.0. The highest BCUT2D eigenvalue weighted by atomic mass is 32.1. The lowest BCUT2D eigenvalue weighted by molar-refractivity contribution is -0.00191. The number of aromatic nitrogens is 1. The lowest BCUT2D eigenvalue weighted by Gasteiger charge is -2.24. The summed E-state index contributed by atoms with van der Waals surface area (Å²) in [5.41, 5.74) is 0.805. The van der Waals surface area contributed by atoms with Crippen molar-refractivity contribution in [3.63, 3.8) is 0 Å². The zero-order valence-electron chi connectivity index (χ0n) is 10.7. The van der Waals surface area contributed by atoms with Crippen molar-refractivity contribution in [1.82, 2.24) is 10.3 Å². The van der Waals surface area contributed by atoms with E-state index in [4.69, 9.17) is 14.5 Å². The number of rotatable bonds is 4. The summed E-state index contributed by atoms with van der Waals surface area (Å²) >= 11 is 1.67. The second kappa shape index (κ2) is 5.44. The maximum Gasteiger partial charge on any atom is 0.125 e. The Morgan fingerprint density at radius 2 is 2.53 bits per heavy atom. The van der Waals surface area contributed by atoms with E-state index in [1.807, 2.05) is 0 Å². The minimum Gasteiger partial charge on any atom is -0.378 e. The van der Waals surface area contributed by atoms with Crippen LogP contribution in [0.5, 0.6) is 0 Å². The highest BCUT2D eigenvalue weighted by molar-refractivity contribution is 7.09. The zero-order chi connectivity index (χ0) is 12.3. The van der Waals surface area contributed by atoms with Gasteiger partial charge >= 0.3 is 0 Å². The van der Waals surface area contributed by atoms with Gasteiger partial charge in [0, 0.05) is 19.0 Å². The number of nitrogens with zero attached hydrogens (tertiary/aromatic N) is 1. The predicted octanol–water partition coefficient (Wildman–Crippen LogP) is 2.08. The largest absolute Gasteiger partial charge is 0.378 e. The van der Waals surface area contributed by atoms with E-state index >= 15 is 0 Å². The van der Waals surface area contributed by atoms with E-state index in [2.05, 4.69) is 24.5 Å². The van der Waals surface area contributed by atoms with E-state index in [0.717, 1.165) is 30.3 Å². The molecule has 2 heterocycles. The summed E-state index contributed by atoms with van der Waals surface area (Å²) in [5, 5.41) is 6.57. The van der Waals surface area contributed by atoms with Crippen LogP contribution < -0.4 is 5.32 Å². The summed E-state index contributed by atoms with van der Waals surface area (Å²) in [4.78, 5) is 4.70. The van der Waals surface area contributed by atoms with E-state index in [9.17, 15) is 0 Å². The molecule has 0 spiro atoms. The molecule has 4 nitrogen and oxygen atoms in total. The Hall–Kier alpha value is -0.490. The highest BCUT2D eigenvalue weighted by Gasteiger charge is 2.29. The van der Waals surface area contributed by atoms with Gasteiger partial charge in [0.25, 0.3) is 0 Å². The number of methoxy groups -OCH3 is 1. The number of morpholine rings is 1. The summed E-state index contributed by atoms with van der Waals surface area (Å²) in [6.07, 6.45) is 0.922. The molecule has 1 N–H and O–H groups in total. The molecule has 0 amide bonds. The van der Waals surface area contributed by atoms with Crippen LogP contribution in [0.2, 0.25) is 0 Å². The molecule has 2 atom stereocenters. The fraction of sp³-hybridized carbons (Fsp3) is 0.750. The molecule has 2 unspecified atom stereocenters. The van der Waals surface area contributed by atoms with Gasteiger partial charge in [-0.05, 0) is 13.3 Å². The molecule has 0 saturated carbocycles. The van der Waals surface area contributed by atoms with Crippen LogP contribution in [0.3, 0.4) is 0 Å². The van der Waals surface area contributed by atoms with Crippen LogP contribution >= 0.6 is 11.3 Å². The maximum absolute atomic E-state index is 5.57. The van der Waals surface area contributed by atoms with Crippen molar-refractivity contribution in [3.05, 3.63) is 16.1 Å². The Morgan fingerprint density at radius 3 is 3.12 bits per heavy atom. The molecule has 17 heavy (non-hydrogen) atoms. The molecule has 1 fully saturated rings. The molecule has 0 bridgehead atoms. The van der Waals surface area contributed by atoms with Crippen LogP contribution in [-0.2, 0) is 15.1 Å². The van der Waals surface area contributed by atoms with Crippen molar-refractivity contribution in [2.45, 2.75) is 31.9 Å². The Bertz CT molecular complexity index is 357. The van der Waals surface area contributed by atoms with Gasteiger partial charge in [-0.15, -0.1) is 11.3 Å². The van der Waals surface area contributed by atoms with Crippen LogP contribution in [0, 0.1) is 0 Å².